The fourth-order valence-corrected chi connectivity index (χ4v) is 1.99. The van der Waals surface area contributed by atoms with E-state index < -0.39 is 5.91 Å². The Bertz CT molecular complexity index is 758. The molecule has 5 nitrogen and oxygen atoms in total. The molecular weight excluding hydrogens is 326 g/mol. The SMILES string of the molecule is O=C(CNC(=O)c1cccc(Cl)c1)NN=C/C=C/c1ccccc1. The van der Waals surface area contributed by atoms with Crippen LogP contribution in [0.15, 0.2) is 65.8 Å². The molecule has 2 rings (SSSR count). The van der Waals surface area contributed by atoms with Crippen LogP contribution in [0.4, 0.5) is 0 Å². The maximum atomic E-state index is 11.8. The molecule has 0 bridgehead atoms. The van der Waals surface area contributed by atoms with Crippen LogP contribution in [-0.2, 0) is 4.79 Å². The Morgan fingerprint density at radius 2 is 1.88 bits per heavy atom. The Kier molecular flexibility index (Phi) is 6.73. The summed E-state index contributed by atoms with van der Waals surface area (Å²) in [5, 5.41) is 6.72. The summed E-state index contributed by atoms with van der Waals surface area (Å²) in [5.41, 5.74) is 3.75. The van der Waals surface area contributed by atoms with Crippen molar-refractivity contribution >= 4 is 35.7 Å². The van der Waals surface area contributed by atoms with Crippen molar-refractivity contribution in [2.45, 2.75) is 0 Å². The van der Waals surface area contributed by atoms with Crippen molar-refractivity contribution in [1.82, 2.24) is 10.7 Å². The molecule has 0 unspecified atom stereocenters. The fourth-order valence-electron chi connectivity index (χ4n) is 1.80. The van der Waals surface area contributed by atoms with E-state index >= 15 is 0 Å². The third-order valence-electron chi connectivity index (χ3n) is 2.93. The lowest BCUT2D eigenvalue weighted by atomic mass is 10.2. The molecule has 0 fully saturated rings. The van der Waals surface area contributed by atoms with Gasteiger partial charge < -0.3 is 5.32 Å². The second-order valence-electron chi connectivity index (χ2n) is 4.78. The summed E-state index contributed by atoms with van der Waals surface area (Å²) in [7, 11) is 0. The monoisotopic (exact) mass is 341 g/mol. The number of hydrogen-bond donors (Lipinski definition) is 2. The number of benzene rings is 2. The third kappa shape index (κ3) is 6.06. The van der Waals surface area contributed by atoms with Gasteiger partial charge in [-0.2, -0.15) is 5.10 Å². The van der Waals surface area contributed by atoms with E-state index in [1.807, 2.05) is 36.4 Å². The normalized spacial score (nSPS) is 10.9. The molecular formula is C18H16ClN3O2. The van der Waals surface area contributed by atoms with Gasteiger partial charge in [-0.05, 0) is 29.8 Å². The smallest absolute Gasteiger partial charge is 0.259 e. The first-order valence-electron chi connectivity index (χ1n) is 7.22. The van der Waals surface area contributed by atoms with Crippen molar-refractivity contribution in [3.63, 3.8) is 0 Å². The molecule has 0 spiro atoms. The maximum absolute atomic E-state index is 11.8. The topological polar surface area (TPSA) is 70.6 Å². The van der Waals surface area contributed by atoms with Crippen LogP contribution in [0.25, 0.3) is 6.08 Å². The lowest BCUT2D eigenvalue weighted by Crippen LogP contribution is -2.34. The predicted octanol–water partition coefficient (Wildman–Crippen LogP) is 2.89. The Morgan fingerprint density at radius 1 is 1.08 bits per heavy atom. The minimum atomic E-state index is -0.422. The number of halogens is 1. The maximum Gasteiger partial charge on any atom is 0.259 e. The summed E-state index contributed by atoms with van der Waals surface area (Å²) in [4.78, 5) is 23.4. The number of amides is 2. The second kappa shape index (κ2) is 9.27. The van der Waals surface area contributed by atoms with E-state index in [1.165, 1.54) is 12.3 Å². The van der Waals surface area contributed by atoms with Gasteiger partial charge in [0.15, 0.2) is 0 Å². The van der Waals surface area contributed by atoms with E-state index in [-0.39, 0.29) is 12.5 Å². The number of hydrazone groups is 1. The highest BCUT2D eigenvalue weighted by Gasteiger charge is 2.07. The van der Waals surface area contributed by atoms with Crippen molar-refractivity contribution in [1.29, 1.82) is 0 Å². The number of nitrogens with one attached hydrogen (secondary N) is 2. The van der Waals surface area contributed by atoms with Crippen LogP contribution in [0.5, 0.6) is 0 Å². The van der Waals surface area contributed by atoms with Crippen LogP contribution in [0.1, 0.15) is 15.9 Å². The average molecular weight is 342 g/mol. The van der Waals surface area contributed by atoms with Crippen molar-refractivity contribution < 1.29 is 9.59 Å². The fraction of sp³-hybridized carbons (Fsp3) is 0.0556. The van der Waals surface area contributed by atoms with Gasteiger partial charge in [0.05, 0.1) is 6.54 Å². The Balaban J connectivity index is 1.72. The van der Waals surface area contributed by atoms with Gasteiger partial charge >= 0.3 is 0 Å². The molecule has 0 atom stereocenters. The third-order valence-corrected chi connectivity index (χ3v) is 3.17. The number of hydrogen-bond acceptors (Lipinski definition) is 3. The van der Waals surface area contributed by atoms with Crippen molar-refractivity contribution in [3.05, 3.63) is 76.8 Å². The molecule has 122 valence electrons. The van der Waals surface area contributed by atoms with Crippen LogP contribution in [-0.4, -0.2) is 24.6 Å². The van der Waals surface area contributed by atoms with E-state index in [1.54, 1.807) is 24.3 Å². The summed E-state index contributed by atoms with van der Waals surface area (Å²) < 4.78 is 0. The van der Waals surface area contributed by atoms with Gasteiger partial charge in [0.25, 0.3) is 11.8 Å². The van der Waals surface area contributed by atoms with Gasteiger partial charge in [0, 0.05) is 16.8 Å². The highest BCUT2D eigenvalue weighted by Crippen LogP contribution is 2.10. The molecule has 6 heteroatoms. The van der Waals surface area contributed by atoms with E-state index in [0.29, 0.717) is 10.6 Å². The standard InChI is InChI=1S/C18H16ClN3O2/c19-16-10-4-9-15(12-16)18(24)20-13-17(23)22-21-11-5-8-14-6-2-1-3-7-14/h1-12H,13H2,(H,20,24)(H,22,23)/b8-5+,21-11?. The van der Waals surface area contributed by atoms with Gasteiger partial charge in [0.1, 0.15) is 0 Å². The number of nitrogens with zero attached hydrogens (tertiary/aromatic N) is 1. The second-order valence-corrected chi connectivity index (χ2v) is 5.21. The van der Waals surface area contributed by atoms with Gasteiger partial charge in [-0.3, -0.25) is 9.59 Å². The van der Waals surface area contributed by atoms with Crippen LogP contribution in [0.3, 0.4) is 0 Å². The molecule has 0 saturated carbocycles. The van der Waals surface area contributed by atoms with Gasteiger partial charge in [0.2, 0.25) is 0 Å². The van der Waals surface area contributed by atoms with E-state index in [0.717, 1.165) is 5.56 Å². The summed E-state index contributed by atoms with van der Waals surface area (Å²) in [6, 6.07) is 16.2. The van der Waals surface area contributed by atoms with E-state index in [4.69, 9.17) is 11.6 Å². The Morgan fingerprint density at radius 3 is 2.62 bits per heavy atom. The molecule has 2 aromatic rings. The van der Waals surface area contributed by atoms with Crippen molar-refractivity contribution in [3.8, 4) is 0 Å². The quantitative estimate of drug-likeness (QED) is 0.626. The number of carbonyl (C=O) groups is 2. The first-order chi connectivity index (χ1) is 11.6. The van der Waals surface area contributed by atoms with Crippen molar-refractivity contribution in [2.75, 3.05) is 6.54 Å². The molecule has 0 radical (unpaired) electrons. The van der Waals surface area contributed by atoms with Crippen LogP contribution in [0.2, 0.25) is 5.02 Å². The zero-order valence-electron chi connectivity index (χ0n) is 12.8. The Labute approximate surface area is 145 Å². The lowest BCUT2D eigenvalue weighted by molar-refractivity contribution is -0.120. The lowest BCUT2D eigenvalue weighted by Gasteiger charge is -2.04. The van der Waals surface area contributed by atoms with Crippen LogP contribution < -0.4 is 10.7 Å². The zero-order chi connectivity index (χ0) is 17.2. The van der Waals surface area contributed by atoms with E-state index in [2.05, 4.69) is 15.8 Å². The number of carbonyl (C=O) groups excluding carboxylic acids is 2. The molecule has 0 aliphatic rings. The highest BCUT2D eigenvalue weighted by molar-refractivity contribution is 6.30. The molecule has 24 heavy (non-hydrogen) atoms. The minimum absolute atomic E-state index is 0.176. The first kappa shape index (κ1) is 17.4. The molecule has 2 amide bonds. The summed E-state index contributed by atoms with van der Waals surface area (Å²) in [5.74, 6) is -0.796. The van der Waals surface area contributed by atoms with Gasteiger partial charge in [-0.25, -0.2) is 5.43 Å². The molecule has 0 saturated heterocycles. The number of allylic oxidation sites excluding steroid dienone is 1. The highest BCUT2D eigenvalue weighted by atomic mass is 35.5. The van der Waals surface area contributed by atoms with Crippen LogP contribution in [0, 0.1) is 0 Å². The van der Waals surface area contributed by atoms with Gasteiger partial charge in [-0.15, -0.1) is 0 Å². The number of rotatable bonds is 6. The summed E-state index contributed by atoms with van der Waals surface area (Å²) in [6.07, 6.45) is 5.03. The molecule has 2 aromatic carbocycles. The molecule has 0 aliphatic heterocycles. The zero-order valence-corrected chi connectivity index (χ0v) is 13.5. The van der Waals surface area contributed by atoms with Gasteiger partial charge in [-0.1, -0.05) is 54.1 Å². The molecule has 0 aromatic heterocycles. The molecule has 0 heterocycles. The molecule has 2 N–H and O–H groups in total. The van der Waals surface area contributed by atoms with Crippen LogP contribution >= 0.6 is 11.6 Å². The average Bonchev–Trinajstić information content (AvgIpc) is 2.60. The van der Waals surface area contributed by atoms with E-state index in [9.17, 15) is 9.59 Å². The Hall–Kier alpha value is -2.92. The summed E-state index contributed by atoms with van der Waals surface area (Å²) in [6.45, 7) is -0.176. The molecule has 0 aliphatic carbocycles. The minimum Gasteiger partial charge on any atom is -0.343 e. The van der Waals surface area contributed by atoms with Crippen molar-refractivity contribution in [2.24, 2.45) is 5.10 Å². The summed E-state index contributed by atoms with van der Waals surface area (Å²) >= 11 is 5.81. The predicted molar refractivity (Wildman–Crippen MR) is 95.9 cm³/mol. The first-order valence-corrected chi connectivity index (χ1v) is 7.60. The largest absolute Gasteiger partial charge is 0.343 e.